The summed E-state index contributed by atoms with van der Waals surface area (Å²) < 4.78 is 1.01. The number of rotatable bonds is 3. The molecule has 0 aliphatic rings. The second-order valence-corrected chi connectivity index (χ2v) is 5.81. The fourth-order valence-corrected chi connectivity index (χ4v) is 3.09. The van der Waals surface area contributed by atoms with Crippen LogP contribution in [0.15, 0.2) is 39.1 Å². The molecule has 2 aromatic rings. The van der Waals surface area contributed by atoms with Crippen molar-refractivity contribution in [1.29, 1.82) is 0 Å². The van der Waals surface area contributed by atoms with Gasteiger partial charge in [0.25, 0.3) is 0 Å². The third kappa shape index (κ3) is 2.96. The molecule has 0 radical (unpaired) electrons. The molecule has 2 N–H and O–H groups in total. The molecule has 0 aliphatic carbocycles. The number of thiazole rings is 1. The molecule has 0 saturated carbocycles. The topological polar surface area (TPSA) is 38.9 Å². The highest BCUT2D eigenvalue weighted by Crippen LogP contribution is 2.30. The predicted octanol–water partition coefficient (Wildman–Crippen LogP) is 3.78. The minimum atomic E-state index is 0.811. The van der Waals surface area contributed by atoms with Crippen LogP contribution in [0.1, 0.15) is 5.01 Å². The molecule has 1 aromatic carbocycles. The SMILES string of the molecule is Nc1cc(Br)ccc1SCc1nccs1. The molecule has 0 amide bonds. The van der Waals surface area contributed by atoms with Crippen molar-refractivity contribution in [2.75, 3.05) is 5.73 Å². The summed E-state index contributed by atoms with van der Waals surface area (Å²) in [6.07, 6.45) is 1.82. The molecule has 0 fully saturated rings. The Labute approximate surface area is 105 Å². The summed E-state index contributed by atoms with van der Waals surface area (Å²) in [5, 5.41) is 3.11. The maximum absolute atomic E-state index is 5.89. The van der Waals surface area contributed by atoms with E-state index in [1.807, 2.05) is 29.8 Å². The van der Waals surface area contributed by atoms with Gasteiger partial charge in [-0.15, -0.1) is 23.1 Å². The molecule has 1 heterocycles. The van der Waals surface area contributed by atoms with Crippen LogP contribution in [0.4, 0.5) is 5.69 Å². The quantitative estimate of drug-likeness (QED) is 0.692. The second-order valence-electron chi connectivity index (χ2n) is 2.90. The fraction of sp³-hybridized carbons (Fsp3) is 0.100. The third-order valence-electron chi connectivity index (χ3n) is 1.81. The average Bonchev–Trinajstić information content (AvgIpc) is 2.69. The Hall–Kier alpha value is -0.520. The molecule has 15 heavy (non-hydrogen) atoms. The summed E-state index contributed by atoms with van der Waals surface area (Å²) in [6.45, 7) is 0. The van der Waals surface area contributed by atoms with Gasteiger partial charge in [-0.2, -0.15) is 0 Å². The van der Waals surface area contributed by atoms with Crippen LogP contribution in [0.3, 0.4) is 0 Å². The van der Waals surface area contributed by atoms with Gasteiger partial charge in [-0.25, -0.2) is 4.98 Å². The largest absolute Gasteiger partial charge is 0.398 e. The number of hydrogen-bond acceptors (Lipinski definition) is 4. The lowest BCUT2D eigenvalue weighted by Crippen LogP contribution is -1.88. The lowest BCUT2D eigenvalue weighted by Gasteiger charge is -2.04. The van der Waals surface area contributed by atoms with E-state index in [0.29, 0.717) is 0 Å². The van der Waals surface area contributed by atoms with Gasteiger partial charge in [0.05, 0.1) is 5.75 Å². The Morgan fingerprint density at radius 3 is 3.00 bits per heavy atom. The molecule has 0 saturated heterocycles. The number of hydrogen-bond donors (Lipinski definition) is 1. The molecular formula is C10H9BrN2S2. The van der Waals surface area contributed by atoms with Gasteiger partial charge in [-0.3, -0.25) is 0 Å². The van der Waals surface area contributed by atoms with E-state index in [-0.39, 0.29) is 0 Å². The molecule has 2 nitrogen and oxygen atoms in total. The van der Waals surface area contributed by atoms with Gasteiger partial charge in [0, 0.05) is 26.6 Å². The van der Waals surface area contributed by atoms with Crippen molar-refractivity contribution < 1.29 is 0 Å². The summed E-state index contributed by atoms with van der Waals surface area (Å²) in [4.78, 5) is 5.33. The Morgan fingerprint density at radius 2 is 2.33 bits per heavy atom. The highest BCUT2D eigenvalue weighted by atomic mass is 79.9. The van der Waals surface area contributed by atoms with Crippen molar-refractivity contribution >= 4 is 44.7 Å². The van der Waals surface area contributed by atoms with Gasteiger partial charge in [-0.1, -0.05) is 15.9 Å². The van der Waals surface area contributed by atoms with Crippen molar-refractivity contribution in [2.45, 2.75) is 10.6 Å². The molecule has 0 atom stereocenters. The lowest BCUT2D eigenvalue weighted by atomic mass is 10.3. The average molecular weight is 301 g/mol. The molecule has 1 aromatic heterocycles. The Morgan fingerprint density at radius 1 is 1.47 bits per heavy atom. The highest BCUT2D eigenvalue weighted by molar-refractivity contribution is 9.10. The van der Waals surface area contributed by atoms with E-state index in [9.17, 15) is 0 Å². The number of benzene rings is 1. The van der Waals surface area contributed by atoms with Crippen LogP contribution in [0.2, 0.25) is 0 Å². The first-order valence-corrected chi connectivity index (χ1v) is 6.98. The normalized spacial score (nSPS) is 10.5. The highest BCUT2D eigenvalue weighted by Gasteiger charge is 2.02. The number of nitrogens with zero attached hydrogens (tertiary/aromatic N) is 1. The van der Waals surface area contributed by atoms with Crippen LogP contribution < -0.4 is 5.73 Å². The van der Waals surface area contributed by atoms with E-state index >= 15 is 0 Å². The number of anilines is 1. The van der Waals surface area contributed by atoms with Crippen LogP contribution >= 0.6 is 39.0 Å². The second kappa shape index (κ2) is 5.01. The monoisotopic (exact) mass is 300 g/mol. The number of aromatic nitrogens is 1. The van der Waals surface area contributed by atoms with Crippen molar-refractivity contribution in [3.63, 3.8) is 0 Å². The van der Waals surface area contributed by atoms with Gasteiger partial charge in [0.2, 0.25) is 0 Å². The van der Waals surface area contributed by atoms with Gasteiger partial charge in [0.15, 0.2) is 0 Å². The molecule has 0 spiro atoms. The fourth-order valence-electron chi connectivity index (χ4n) is 1.11. The first-order valence-electron chi connectivity index (χ1n) is 4.32. The molecule has 78 valence electrons. The summed E-state index contributed by atoms with van der Waals surface area (Å²) in [6, 6.07) is 5.95. The Balaban J connectivity index is 2.05. The first-order chi connectivity index (χ1) is 7.25. The summed E-state index contributed by atoms with van der Waals surface area (Å²) >= 11 is 6.77. The number of thioether (sulfide) groups is 1. The zero-order valence-corrected chi connectivity index (χ0v) is 11.0. The van der Waals surface area contributed by atoms with Crippen molar-refractivity contribution in [3.05, 3.63) is 39.3 Å². The summed E-state index contributed by atoms with van der Waals surface area (Å²) in [7, 11) is 0. The smallest absolute Gasteiger partial charge is 0.103 e. The molecule has 0 aliphatic heterocycles. The van der Waals surface area contributed by atoms with E-state index in [0.717, 1.165) is 25.8 Å². The van der Waals surface area contributed by atoms with Gasteiger partial charge < -0.3 is 5.73 Å². The van der Waals surface area contributed by atoms with Crippen molar-refractivity contribution in [1.82, 2.24) is 4.98 Å². The van der Waals surface area contributed by atoms with E-state index in [1.54, 1.807) is 23.1 Å². The van der Waals surface area contributed by atoms with E-state index in [4.69, 9.17) is 5.73 Å². The zero-order valence-electron chi connectivity index (χ0n) is 7.81. The minimum absolute atomic E-state index is 0.811. The maximum Gasteiger partial charge on any atom is 0.103 e. The van der Waals surface area contributed by atoms with Crippen molar-refractivity contribution in [2.24, 2.45) is 0 Å². The van der Waals surface area contributed by atoms with Crippen LogP contribution in [0, 0.1) is 0 Å². The Kier molecular flexibility index (Phi) is 3.66. The third-order valence-corrected chi connectivity index (χ3v) is 4.36. The van der Waals surface area contributed by atoms with E-state index in [1.165, 1.54) is 0 Å². The van der Waals surface area contributed by atoms with E-state index in [2.05, 4.69) is 20.9 Å². The standard InChI is InChI=1S/C10H9BrN2S2/c11-7-1-2-9(8(12)5-7)15-6-10-13-3-4-14-10/h1-5H,6,12H2. The van der Waals surface area contributed by atoms with Crippen LogP contribution in [-0.2, 0) is 5.75 Å². The van der Waals surface area contributed by atoms with Crippen LogP contribution in [0.5, 0.6) is 0 Å². The predicted molar refractivity (Wildman–Crippen MR) is 70.2 cm³/mol. The summed E-state index contributed by atoms with van der Waals surface area (Å²) in [5.74, 6) is 0.878. The number of nitrogens with two attached hydrogens (primary N) is 1. The molecule has 2 rings (SSSR count). The van der Waals surface area contributed by atoms with Crippen LogP contribution in [0.25, 0.3) is 0 Å². The first kappa shape index (κ1) is 11.0. The summed E-state index contributed by atoms with van der Waals surface area (Å²) in [5.41, 5.74) is 6.70. The van der Waals surface area contributed by atoms with Crippen molar-refractivity contribution in [3.8, 4) is 0 Å². The van der Waals surface area contributed by atoms with Crippen LogP contribution in [-0.4, -0.2) is 4.98 Å². The Bertz CT molecular complexity index is 443. The maximum atomic E-state index is 5.89. The zero-order chi connectivity index (χ0) is 10.7. The van der Waals surface area contributed by atoms with Gasteiger partial charge >= 0.3 is 0 Å². The molecule has 0 bridgehead atoms. The van der Waals surface area contributed by atoms with E-state index < -0.39 is 0 Å². The lowest BCUT2D eigenvalue weighted by molar-refractivity contribution is 1.26. The van der Waals surface area contributed by atoms with Gasteiger partial charge in [0.1, 0.15) is 5.01 Å². The molecular weight excluding hydrogens is 292 g/mol. The molecule has 0 unspecified atom stereocenters. The minimum Gasteiger partial charge on any atom is -0.398 e. The number of nitrogen functional groups attached to an aromatic ring is 1. The van der Waals surface area contributed by atoms with Gasteiger partial charge in [-0.05, 0) is 18.2 Å². The molecule has 5 heteroatoms. The number of halogens is 1.